The molecule has 1 heterocycles. The van der Waals surface area contributed by atoms with Crippen LogP contribution in [0, 0.1) is 10.1 Å². The fraction of sp³-hybridized carbons (Fsp3) is 0.417. The average molecular weight is 377 g/mol. The molecule has 7 nitrogen and oxygen atoms in total. The van der Waals surface area contributed by atoms with Gasteiger partial charge in [0.2, 0.25) is 0 Å². The fourth-order valence-corrected chi connectivity index (χ4v) is 4.97. The summed E-state index contributed by atoms with van der Waals surface area (Å²) in [5.74, 6) is -0.636. The lowest BCUT2D eigenvalue weighted by Gasteiger charge is -2.24. The van der Waals surface area contributed by atoms with E-state index in [4.69, 9.17) is 0 Å². The minimum absolute atomic E-state index is 0.0277. The van der Waals surface area contributed by atoms with Crippen LogP contribution in [-0.4, -0.2) is 36.3 Å². The Kier molecular flexibility index (Phi) is 4.07. The number of benzene rings is 1. The predicted molar refractivity (Wildman–Crippen MR) is 79.9 cm³/mol. The lowest BCUT2D eigenvalue weighted by Crippen LogP contribution is -2.47. The zero-order valence-electron chi connectivity index (χ0n) is 11.1. The van der Waals surface area contributed by atoms with Gasteiger partial charge < -0.3 is 5.32 Å². The summed E-state index contributed by atoms with van der Waals surface area (Å²) in [6, 6.07) is 4.13. The summed E-state index contributed by atoms with van der Waals surface area (Å²) in [6.07, 6.45) is 0.327. The van der Waals surface area contributed by atoms with Crippen LogP contribution in [0.3, 0.4) is 0 Å². The lowest BCUT2D eigenvalue weighted by molar-refractivity contribution is -0.385. The number of amides is 1. The molecule has 0 radical (unpaired) electrons. The quantitative estimate of drug-likeness (QED) is 0.637. The van der Waals surface area contributed by atoms with E-state index in [1.165, 1.54) is 18.2 Å². The summed E-state index contributed by atoms with van der Waals surface area (Å²) < 4.78 is 23.1. The zero-order valence-corrected chi connectivity index (χ0v) is 13.5. The smallest absolute Gasteiger partial charge is 0.284 e. The van der Waals surface area contributed by atoms with E-state index in [9.17, 15) is 23.3 Å². The van der Waals surface area contributed by atoms with Gasteiger partial charge in [-0.2, -0.15) is 0 Å². The van der Waals surface area contributed by atoms with Gasteiger partial charge in [-0.15, -0.1) is 0 Å². The van der Waals surface area contributed by atoms with E-state index in [2.05, 4.69) is 21.2 Å². The third-order valence-corrected chi connectivity index (χ3v) is 6.07. The molecule has 0 spiro atoms. The molecule has 1 aromatic carbocycles. The van der Waals surface area contributed by atoms with E-state index >= 15 is 0 Å². The number of carbonyl (C=O) groups excluding carboxylic acids is 1. The lowest BCUT2D eigenvalue weighted by atomic mass is 10.0. The highest BCUT2D eigenvalue weighted by Crippen LogP contribution is 2.29. The molecular formula is C12H13BrN2O5S. The van der Waals surface area contributed by atoms with E-state index in [1.807, 2.05) is 0 Å². The molecule has 1 aromatic rings. The molecule has 1 fully saturated rings. The molecule has 0 bridgehead atoms. The van der Waals surface area contributed by atoms with Crippen LogP contribution >= 0.6 is 15.9 Å². The zero-order chi connectivity index (χ0) is 15.8. The largest absolute Gasteiger partial charge is 0.346 e. The van der Waals surface area contributed by atoms with Crippen molar-refractivity contribution in [3.05, 3.63) is 38.3 Å². The topological polar surface area (TPSA) is 106 Å². The highest BCUT2D eigenvalue weighted by molar-refractivity contribution is 9.10. The third-order valence-electron chi connectivity index (χ3n) is 3.34. The number of nitrogens with one attached hydrogen (secondary N) is 1. The van der Waals surface area contributed by atoms with Crippen molar-refractivity contribution in [1.29, 1.82) is 0 Å². The van der Waals surface area contributed by atoms with Crippen LogP contribution < -0.4 is 5.32 Å². The molecule has 21 heavy (non-hydrogen) atoms. The fourth-order valence-electron chi connectivity index (χ4n) is 2.29. The molecular weight excluding hydrogens is 364 g/mol. The first-order valence-electron chi connectivity index (χ1n) is 6.09. The average Bonchev–Trinajstić information content (AvgIpc) is 2.62. The highest BCUT2D eigenvalue weighted by atomic mass is 79.9. The Morgan fingerprint density at radius 2 is 2.14 bits per heavy atom. The van der Waals surface area contributed by atoms with E-state index in [-0.39, 0.29) is 27.2 Å². The van der Waals surface area contributed by atoms with Crippen molar-refractivity contribution >= 4 is 37.4 Å². The Labute approximate surface area is 129 Å². The van der Waals surface area contributed by atoms with Crippen molar-refractivity contribution in [2.75, 3.05) is 11.5 Å². The van der Waals surface area contributed by atoms with E-state index in [0.717, 1.165) is 0 Å². The van der Waals surface area contributed by atoms with Gasteiger partial charge in [-0.25, -0.2) is 8.42 Å². The number of rotatable bonds is 3. The first-order valence-corrected chi connectivity index (χ1v) is 8.71. The second kappa shape index (κ2) is 5.38. The van der Waals surface area contributed by atoms with Crippen LogP contribution in [0.2, 0.25) is 0 Å². The molecule has 0 saturated carbocycles. The van der Waals surface area contributed by atoms with Gasteiger partial charge in [-0.1, -0.05) is 6.07 Å². The minimum atomic E-state index is -3.15. The number of halogens is 1. The molecule has 0 aliphatic carbocycles. The van der Waals surface area contributed by atoms with Gasteiger partial charge in [-0.3, -0.25) is 14.9 Å². The number of sulfone groups is 1. The Morgan fingerprint density at radius 3 is 2.67 bits per heavy atom. The van der Waals surface area contributed by atoms with Gasteiger partial charge in [0.25, 0.3) is 11.6 Å². The van der Waals surface area contributed by atoms with Gasteiger partial charge in [0.1, 0.15) is 4.47 Å². The highest BCUT2D eigenvalue weighted by Gasteiger charge is 2.40. The minimum Gasteiger partial charge on any atom is -0.346 e. The Morgan fingerprint density at radius 1 is 1.48 bits per heavy atom. The van der Waals surface area contributed by atoms with Gasteiger partial charge >= 0.3 is 0 Å². The first-order chi connectivity index (χ1) is 9.64. The molecule has 114 valence electrons. The number of nitro groups is 1. The summed E-state index contributed by atoms with van der Waals surface area (Å²) >= 11 is 3.05. The van der Waals surface area contributed by atoms with Gasteiger partial charge in [0.15, 0.2) is 9.84 Å². The summed E-state index contributed by atoms with van der Waals surface area (Å²) in [6.45, 7) is 1.65. The van der Waals surface area contributed by atoms with Crippen LogP contribution in [0.5, 0.6) is 0 Å². The van der Waals surface area contributed by atoms with Crippen molar-refractivity contribution in [2.24, 2.45) is 0 Å². The van der Waals surface area contributed by atoms with E-state index in [0.29, 0.717) is 6.42 Å². The molecule has 2 rings (SSSR count). The molecule has 1 aliphatic heterocycles. The van der Waals surface area contributed by atoms with Crippen LogP contribution in [0.4, 0.5) is 5.69 Å². The van der Waals surface area contributed by atoms with Crippen molar-refractivity contribution in [1.82, 2.24) is 5.32 Å². The van der Waals surface area contributed by atoms with Crippen LogP contribution in [0.25, 0.3) is 0 Å². The monoisotopic (exact) mass is 376 g/mol. The molecule has 1 saturated heterocycles. The van der Waals surface area contributed by atoms with Crippen molar-refractivity contribution < 1.29 is 18.1 Å². The Hall–Kier alpha value is -1.48. The molecule has 1 unspecified atom stereocenters. The number of carbonyl (C=O) groups is 1. The molecule has 0 aromatic heterocycles. The van der Waals surface area contributed by atoms with Crippen molar-refractivity contribution in [3.63, 3.8) is 0 Å². The Balaban J connectivity index is 2.26. The molecule has 9 heteroatoms. The van der Waals surface area contributed by atoms with Gasteiger partial charge in [-0.05, 0) is 35.3 Å². The SMILES string of the molecule is CC1(NC(=O)c2cccc([N+](=O)[O-])c2Br)CCS(=O)(=O)C1. The van der Waals surface area contributed by atoms with Crippen LogP contribution in [0.1, 0.15) is 23.7 Å². The van der Waals surface area contributed by atoms with Crippen molar-refractivity contribution in [2.45, 2.75) is 18.9 Å². The van der Waals surface area contributed by atoms with E-state index < -0.39 is 26.2 Å². The third kappa shape index (κ3) is 3.41. The molecule has 1 aliphatic rings. The number of hydrogen-bond donors (Lipinski definition) is 1. The summed E-state index contributed by atoms with van der Waals surface area (Å²) in [7, 11) is -3.15. The van der Waals surface area contributed by atoms with Gasteiger partial charge in [0.05, 0.1) is 27.5 Å². The normalized spacial score (nSPS) is 23.7. The standard InChI is InChI=1S/C12H13BrN2O5S/c1-12(5-6-21(19,20)7-12)14-11(16)8-3-2-4-9(10(8)13)15(17)18/h2-4H,5-7H2,1H3,(H,14,16). The number of hydrogen-bond acceptors (Lipinski definition) is 5. The number of nitro benzene ring substituents is 1. The maximum Gasteiger partial charge on any atom is 0.284 e. The number of nitrogens with zero attached hydrogens (tertiary/aromatic N) is 1. The summed E-state index contributed by atoms with van der Waals surface area (Å²) in [4.78, 5) is 22.5. The van der Waals surface area contributed by atoms with Crippen LogP contribution in [-0.2, 0) is 9.84 Å². The molecule has 1 amide bonds. The second-order valence-electron chi connectivity index (χ2n) is 5.25. The summed E-state index contributed by atoms with van der Waals surface area (Å²) in [5, 5.41) is 13.5. The first kappa shape index (κ1) is 15.9. The second-order valence-corrected chi connectivity index (χ2v) is 8.23. The maximum atomic E-state index is 12.3. The summed E-state index contributed by atoms with van der Waals surface area (Å²) in [5.41, 5.74) is -0.957. The molecule has 1 N–H and O–H groups in total. The predicted octanol–water partition coefficient (Wildman–Crippen LogP) is 1.66. The van der Waals surface area contributed by atoms with Crippen molar-refractivity contribution in [3.8, 4) is 0 Å². The van der Waals surface area contributed by atoms with E-state index in [1.54, 1.807) is 6.92 Å². The Bertz CT molecular complexity index is 718. The maximum absolute atomic E-state index is 12.3. The van der Waals surface area contributed by atoms with Gasteiger partial charge in [0, 0.05) is 6.07 Å². The van der Waals surface area contributed by atoms with Crippen LogP contribution in [0.15, 0.2) is 22.7 Å². The molecule has 1 atom stereocenters.